The molecule has 1 aromatic rings. The Bertz CT molecular complexity index is 291. The number of ether oxygens (including phenoxy) is 2. The van der Waals surface area contributed by atoms with E-state index in [1.807, 2.05) is 18.2 Å². The van der Waals surface area contributed by atoms with Crippen molar-refractivity contribution in [2.45, 2.75) is 0 Å². The van der Waals surface area contributed by atoms with Gasteiger partial charge in [-0.3, -0.25) is 5.84 Å². The minimum absolute atomic E-state index is 0.496. The zero-order chi connectivity index (χ0) is 10.4. The van der Waals surface area contributed by atoms with Crippen LogP contribution in [0.15, 0.2) is 18.2 Å². The third kappa shape index (κ3) is 2.51. The molecule has 0 radical (unpaired) electrons. The molecule has 0 aliphatic heterocycles. The van der Waals surface area contributed by atoms with Crippen LogP contribution < -0.4 is 26.1 Å². The summed E-state index contributed by atoms with van der Waals surface area (Å²) in [6.45, 7) is 0.496. The molecule has 1 rings (SSSR count). The molecule has 0 fully saturated rings. The van der Waals surface area contributed by atoms with Gasteiger partial charge in [-0.15, -0.1) is 0 Å². The fraction of sp³-hybridized carbons (Fsp3) is 0.333. The number of nitrogens with two attached hydrogens (primary N) is 1. The second-order valence-corrected chi connectivity index (χ2v) is 2.63. The van der Waals surface area contributed by atoms with E-state index >= 15 is 0 Å². The highest BCUT2D eigenvalue weighted by atomic mass is 16.5. The number of nitrogens with one attached hydrogen (secondary N) is 2. The molecule has 0 aliphatic carbocycles. The molecule has 0 spiro atoms. The van der Waals surface area contributed by atoms with E-state index in [1.54, 1.807) is 14.2 Å². The van der Waals surface area contributed by atoms with Gasteiger partial charge in [0.2, 0.25) is 0 Å². The van der Waals surface area contributed by atoms with Gasteiger partial charge < -0.3 is 14.8 Å². The molecule has 14 heavy (non-hydrogen) atoms. The highest BCUT2D eigenvalue weighted by Gasteiger charge is 2.03. The third-order valence-corrected chi connectivity index (χ3v) is 1.78. The number of hydrogen-bond donors (Lipinski definition) is 3. The zero-order valence-electron chi connectivity index (χ0n) is 8.33. The largest absolute Gasteiger partial charge is 0.493 e. The molecule has 5 heteroatoms. The minimum atomic E-state index is 0.496. The van der Waals surface area contributed by atoms with Crippen LogP contribution in [0.1, 0.15) is 0 Å². The molecule has 0 amide bonds. The summed E-state index contributed by atoms with van der Waals surface area (Å²) in [5.74, 6) is 6.53. The van der Waals surface area contributed by atoms with E-state index in [-0.39, 0.29) is 0 Å². The Balaban J connectivity index is 2.79. The lowest BCUT2D eigenvalue weighted by Crippen LogP contribution is -2.28. The lowest BCUT2D eigenvalue weighted by atomic mass is 10.3. The van der Waals surface area contributed by atoms with Gasteiger partial charge >= 0.3 is 0 Å². The molecule has 0 saturated carbocycles. The Hall–Kier alpha value is -1.46. The van der Waals surface area contributed by atoms with Gasteiger partial charge in [0.05, 0.1) is 20.9 Å². The number of rotatable bonds is 5. The minimum Gasteiger partial charge on any atom is -0.493 e. The predicted molar refractivity (Wildman–Crippen MR) is 55.4 cm³/mol. The van der Waals surface area contributed by atoms with E-state index < -0.39 is 0 Å². The summed E-state index contributed by atoms with van der Waals surface area (Å²) in [7, 11) is 3.20. The first-order valence-corrected chi connectivity index (χ1v) is 4.21. The van der Waals surface area contributed by atoms with Gasteiger partial charge in [0.1, 0.15) is 0 Å². The van der Waals surface area contributed by atoms with Crippen LogP contribution in [0.4, 0.5) is 5.69 Å². The van der Waals surface area contributed by atoms with Crippen LogP contribution in [0.5, 0.6) is 11.5 Å². The standard InChI is InChI=1S/C9H15N3O2/c1-13-8-4-3-7(11-6-12-10)5-9(8)14-2/h3-5,11-12H,6,10H2,1-2H3. The maximum atomic E-state index is 5.14. The molecule has 0 atom stereocenters. The summed E-state index contributed by atoms with van der Waals surface area (Å²) in [4.78, 5) is 0. The first kappa shape index (κ1) is 10.6. The smallest absolute Gasteiger partial charge is 0.162 e. The lowest BCUT2D eigenvalue weighted by Gasteiger charge is -2.10. The summed E-state index contributed by atoms with van der Waals surface area (Å²) in [6.07, 6.45) is 0. The van der Waals surface area contributed by atoms with Crippen molar-refractivity contribution in [1.82, 2.24) is 5.43 Å². The van der Waals surface area contributed by atoms with E-state index in [0.717, 1.165) is 5.69 Å². The predicted octanol–water partition coefficient (Wildman–Crippen LogP) is 0.536. The lowest BCUT2D eigenvalue weighted by molar-refractivity contribution is 0.355. The Kier molecular flexibility index (Phi) is 4.03. The normalized spacial score (nSPS) is 9.64. The maximum Gasteiger partial charge on any atom is 0.162 e. The summed E-state index contributed by atoms with van der Waals surface area (Å²) >= 11 is 0. The van der Waals surface area contributed by atoms with Gasteiger partial charge in [-0.25, -0.2) is 5.43 Å². The van der Waals surface area contributed by atoms with Crippen molar-refractivity contribution >= 4 is 5.69 Å². The van der Waals surface area contributed by atoms with E-state index in [2.05, 4.69) is 10.7 Å². The summed E-state index contributed by atoms with van der Waals surface area (Å²) in [5, 5.41) is 3.05. The van der Waals surface area contributed by atoms with Crippen LogP contribution in [0.3, 0.4) is 0 Å². The Morgan fingerprint density at radius 2 is 1.93 bits per heavy atom. The summed E-state index contributed by atoms with van der Waals surface area (Å²) in [5.41, 5.74) is 3.42. The average molecular weight is 197 g/mol. The number of benzene rings is 1. The first-order valence-electron chi connectivity index (χ1n) is 4.21. The molecule has 78 valence electrons. The van der Waals surface area contributed by atoms with Crippen molar-refractivity contribution in [1.29, 1.82) is 0 Å². The number of anilines is 1. The fourth-order valence-corrected chi connectivity index (χ4v) is 1.10. The number of hydrogen-bond acceptors (Lipinski definition) is 5. The van der Waals surface area contributed by atoms with E-state index in [9.17, 15) is 0 Å². The highest BCUT2D eigenvalue weighted by Crippen LogP contribution is 2.29. The zero-order valence-corrected chi connectivity index (χ0v) is 8.33. The molecule has 0 aliphatic rings. The molecular formula is C9H15N3O2. The molecule has 0 saturated heterocycles. The van der Waals surface area contributed by atoms with Crippen LogP contribution >= 0.6 is 0 Å². The molecule has 0 unspecified atom stereocenters. The van der Waals surface area contributed by atoms with Gasteiger partial charge in [-0.2, -0.15) is 0 Å². The van der Waals surface area contributed by atoms with Crippen LogP contribution in [0.2, 0.25) is 0 Å². The monoisotopic (exact) mass is 197 g/mol. The van der Waals surface area contributed by atoms with Crippen molar-refractivity contribution in [2.24, 2.45) is 5.84 Å². The van der Waals surface area contributed by atoms with Crippen LogP contribution in [-0.2, 0) is 0 Å². The molecular weight excluding hydrogens is 182 g/mol. The Morgan fingerprint density at radius 3 is 2.50 bits per heavy atom. The van der Waals surface area contributed by atoms with Crippen molar-refractivity contribution in [3.63, 3.8) is 0 Å². The number of hydrazine groups is 1. The van der Waals surface area contributed by atoms with Gasteiger partial charge in [0.15, 0.2) is 11.5 Å². The second kappa shape index (κ2) is 5.31. The number of methoxy groups -OCH3 is 2. The van der Waals surface area contributed by atoms with Crippen molar-refractivity contribution in [3.8, 4) is 11.5 Å². The summed E-state index contributed by atoms with van der Waals surface area (Å²) < 4.78 is 10.2. The van der Waals surface area contributed by atoms with Crippen molar-refractivity contribution in [2.75, 3.05) is 26.2 Å². The van der Waals surface area contributed by atoms with Gasteiger partial charge in [-0.1, -0.05) is 0 Å². The van der Waals surface area contributed by atoms with E-state index in [0.29, 0.717) is 18.2 Å². The Morgan fingerprint density at radius 1 is 1.21 bits per heavy atom. The van der Waals surface area contributed by atoms with E-state index in [4.69, 9.17) is 15.3 Å². The molecule has 5 nitrogen and oxygen atoms in total. The quantitative estimate of drug-likeness (QED) is 0.365. The third-order valence-electron chi connectivity index (χ3n) is 1.78. The second-order valence-electron chi connectivity index (χ2n) is 2.63. The SMILES string of the molecule is COc1ccc(NCNN)cc1OC. The molecule has 0 bridgehead atoms. The maximum absolute atomic E-state index is 5.14. The van der Waals surface area contributed by atoms with Gasteiger partial charge in [0.25, 0.3) is 0 Å². The highest BCUT2D eigenvalue weighted by molar-refractivity contribution is 5.54. The van der Waals surface area contributed by atoms with Crippen molar-refractivity contribution < 1.29 is 9.47 Å². The van der Waals surface area contributed by atoms with Crippen molar-refractivity contribution in [3.05, 3.63) is 18.2 Å². The average Bonchev–Trinajstić information content (AvgIpc) is 2.25. The Labute approximate surface area is 83.2 Å². The topological polar surface area (TPSA) is 68.5 Å². The molecule has 0 heterocycles. The first-order chi connectivity index (χ1) is 6.81. The van der Waals surface area contributed by atoms with E-state index in [1.165, 1.54) is 0 Å². The van der Waals surface area contributed by atoms with Crippen LogP contribution in [0, 0.1) is 0 Å². The van der Waals surface area contributed by atoms with Crippen LogP contribution in [0.25, 0.3) is 0 Å². The van der Waals surface area contributed by atoms with Crippen LogP contribution in [-0.4, -0.2) is 20.9 Å². The molecule has 4 N–H and O–H groups in total. The van der Waals surface area contributed by atoms with Gasteiger partial charge in [-0.05, 0) is 12.1 Å². The summed E-state index contributed by atoms with van der Waals surface area (Å²) in [6, 6.07) is 5.56. The van der Waals surface area contributed by atoms with Gasteiger partial charge in [0, 0.05) is 11.8 Å². The molecule has 0 aromatic heterocycles. The molecule has 1 aromatic carbocycles. The fourth-order valence-electron chi connectivity index (χ4n) is 1.10.